The van der Waals surface area contributed by atoms with Crippen molar-refractivity contribution in [3.8, 4) is 0 Å². The minimum Gasteiger partial charge on any atom is -0.295 e. The molecule has 3 rings (SSSR count). The molecule has 2 fully saturated rings. The van der Waals surface area contributed by atoms with E-state index in [9.17, 15) is 21.2 Å². The number of likely N-dealkylation sites (tertiary alicyclic amines) is 1. The van der Waals surface area contributed by atoms with E-state index < -0.39 is 25.1 Å². The highest BCUT2D eigenvalue weighted by Gasteiger charge is 2.37. The first-order valence-electron chi connectivity index (χ1n) is 8.45. The summed E-state index contributed by atoms with van der Waals surface area (Å²) in [6.45, 7) is 1.88. The molecule has 0 saturated carbocycles. The number of rotatable bonds is 6. The van der Waals surface area contributed by atoms with Crippen LogP contribution in [-0.2, 0) is 19.9 Å². The summed E-state index contributed by atoms with van der Waals surface area (Å²) < 4.78 is 63.8. The molecule has 0 radical (unpaired) electrons. The van der Waals surface area contributed by atoms with E-state index in [1.54, 1.807) is 12.1 Å². The van der Waals surface area contributed by atoms with Gasteiger partial charge in [0.15, 0.2) is 9.84 Å². The van der Waals surface area contributed by atoms with Crippen molar-refractivity contribution in [2.45, 2.75) is 30.6 Å². The van der Waals surface area contributed by atoms with Crippen LogP contribution in [0.3, 0.4) is 0 Å². The molecule has 2 aliphatic heterocycles. The molecule has 0 aliphatic carbocycles. The zero-order valence-corrected chi connectivity index (χ0v) is 15.5. The molecule has 2 heterocycles. The van der Waals surface area contributed by atoms with Gasteiger partial charge in [0.1, 0.15) is 5.82 Å². The highest BCUT2D eigenvalue weighted by molar-refractivity contribution is 7.95. The van der Waals surface area contributed by atoms with Crippen molar-refractivity contribution in [3.63, 3.8) is 0 Å². The molecule has 2 aliphatic rings. The molecule has 2 atom stereocenters. The number of halogens is 1. The topological polar surface area (TPSA) is 83.5 Å². The molecule has 0 aromatic heterocycles. The molecule has 2 saturated heterocycles. The number of sulfone groups is 1. The third kappa shape index (κ3) is 4.58. The third-order valence-corrected chi connectivity index (χ3v) is 8.77. The minimum absolute atomic E-state index is 0.0773. The maximum Gasteiger partial charge on any atom is 0.215 e. The van der Waals surface area contributed by atoms with E-state index in [1.165, 1.54) is 12.1 Å². The van der Waals surface area contributed by atoms with E-state index in [4.69, 9.17) is 0 Å². The number of hydrogen-bond acceptors (Lipinski definition) is 5. The highest BCUT2D eigenvalue weighted by Crippen LogP contribution is 2.26. The Labute approximate surface area is 148 Å². The number of nitrogens with one attached hydrogen (secondary N) is 1. The summed E-state index contributed by atoms with van der Waals surface area (Å²) in [6, 6.07) is 5.91. The van der Waals surface area contributed by atoms with Gasteiger partial charge in [0.2, 0.25) is 10.0 Å². The van der Waals surface area contributed by atoms with Crippen LogP contribution in [0.5, 0.6) is 0 Å². The average Bonchev–Trinajstić information content (AvgIpc) is 3.19. The largest absolute Gasteiger partial charge is 0.295 e. The van der Waals surface area contributed by atoms with Crippen molar-refractivity contribution < 1.29 is 21.2 Å². The summed E-state index contributed by atoms with van der Waals surface area (Å²) in [6.07, 6.45) is 2.24. The van der Waals surface area contributed by atoms with Crippen molar-refractivity contribution >= 4 is 19.9 Å². The molecule has 1 N–H and O–H groups in total. The lowest BCUT2D eigenvalue weighted by Gasteiger charge is -2.28. The second-order valence-electron chi connectivity index (χ2n) is 6.73. The van der Waals surface area contributed by atoms with Crippen LogP contribution >= 0.6 is 0 Å². The fourth-order valence-electron chi connectivity index (χ4n) is 3.51. The fourth-order valence-corrected chi connectivity index (χ4v) is 7.60. The third-order valence-electron chi connectivity index (χ3n) is 4.94. The van der Waals surface area contributed by atoms with E-state index in [1.807, 2.05) is 0 Å². The van der Waals surface area contributed by atoms with Crippen LogP contribution in [0.4, 0.5) is 4.39 Å². The van der Waals surface area contributed by atoms with E-state index >= 15 is 0 Å². The zero-order valence-electron chi connectivity index (χ0n) is 13.9. The Bertz CT molecular complexity index is 803. The summed E-state index contributed by atoms with van der Waals surface area (Å²) in [7, 11) is -6.96. The second-order valence-corrected chi connectivity index (χ2v) is 11.0. The molecule has 1 aromatic rings. The SMILES string of the molecule is O=S1(=O)CC[C@H](S(=O)(=O)NC[C@@H](c2ccc(F)cc2)N2CCCC2)C1. The monoisotopic (exact) mass is 390 g/mol. The quantitative estimate of drug-likeness (QED) is 0.786. The van der Waals surface area contributed by atoms with Crippen LogP contribution in [0.15, 0.2) is 24.3 Å². The van der Waals surface area contributed by atoms with Gasteiger partial charge < -0.3 is 0 Å². The molecule has 140 valence electrons. The Balaban J connectivity index is 1.73. The van der Waals surface area contributed by atoms with Crippen LogP contribution in [0.1, 0.15) is 30.9 Å². The number of sulfonamides is 1. The summed E-state index contributed by atoms with van der Waals surface area (Å²) >= 11 is 0. The van der Waals surface area contributed by atoms with Gasteiger partial charge in [0, 0.05) is 12.6 Å². The van der Waals surface area contributed by atoms with E-state index in [0.29, 0.717) is 0 Å². The molecule has 1 aromatic carbocycles. The van der Waals surface area contributed by atoms with Crippen LogP contribution in [-0.4, -0.2) is 58.1 Å². The standard InChI is InChI=1S/C16H23FN2O4S2/c17-14-5-3-13(4-6-14)16(19-8-1-2-9-19)11-18-25(22,23)15-7-10-24(20,21)12-15/h3-6,15-16,18H,1-2,7-12H2/t15-,16-/m0/s1. The number of benzene rings is 1. The molecule has 25 heavy (non-hydrogen) atoms. The molecule has 0 unspecified atom stereocenters. The van der Waals surface area contributed by atoms with Gasteiger partial charge in [-0.05, 0) is 50.0 Å². The molecule has 0 bridgehead atoms. The summed E-state index contributed by atoms with van der Waals surface area (Å²) in [5, 5.41) is -0.884. The van der Waals surface area contributed by atoms with Gasteiger partial charge in [-0.25, -0.2) is 25.9 Å². The lowest BCUT2D eigenvalue weighted by molar-refractivity contribution is 0.246. The normalized spacial score (nSPS) is 25.2. The summed E-state index contributed by atoms with van der Waals surface area (Å²) in [5.41, 5.74) is 0.852. The van der Waals surface area contributed by atoms with Gasteiger partial charge in [-0.1, -0.05) is 12.1 Å². The predicted octanol–water partition coefficient (Wildman–Crippen LogP) is 1.07. The molecular formula is C16H23FN2O4S2. The lowest BCUT2D eigenvalue weighted by atomic mass is 10.1. The Kier molecular flexibility index (Phi) is 5.48. The smallest absolute Gasteiger partial charge is 0.215 e. The van der Waals surface area contributed by atoms with Crippen molar-refractivity contribution in [1.29, 1.82) is 0 Å². The van der Waals surface area contributed by atoms with E-state index in [2.05, 4.69) is 9.62 Å². The molecule has 0 spiro atoms. The Morgan fingerprint density at radius 2 is 1.84 bits per heavy atom. The highest BCUT2D eigenvalue weighted by atomic mass is 32.2. The first-order chi connectivity index (χ1) is 11.8. The number of hydrogen-bond donors (Lipinski definition) is 1. The van der Waals surface area contributed by atoms with Gasteiger partial charge in [-0.15, -0.1) is 0 Å². The van der Waals surface area contributed by atoms with Crippen molar-refractivity contribution in [2.24, 2.45) is 0 Å². The molecule has 9 heteroatoms. The molecule has 0 amide bonds. The van der Waals surface area contributed by atoms with Gasteiger partial charge in [-0.3, -0.25) is 4.90 Å². The second kappa shape index (κ2) is 7.30. The van der Waals surface area contributed by atoms with Gasteiger partial charge >= 0.3 is 0 Å². The van der Waals surface area contributed by atoms with Crippen LogP contribution in [0, 0.1) is 5.82 Å². The van der Waals surface area contributed by atoms with E-state index in [-0.39, 0.29) is 36.3 Å². The van der Waals surface area contributed by atoms with Gasteiger partial charge in [0.05, 0.1) is 16.8 Å². The first kappa shape index (κ1) is 18.8. The van der Waals surface area contributed by atoms with Crippen molar-refractivity contribution in [1.82, 2.24) is 9.62 Å². The van der Waals surface area contributed by atoms with Crippen LogP contribution in [0.25, 0.3) is 0 Å². The first-order valence-corrected chi connectivity index (χ1v) is 11.8. The average molecular weight is 391 g/mol. The minimum atomic E-state index is -3.70. The van der Waals surface area contributed by atoms with Crippen LogP contribution < -0.4 is 4.72 Å². The maximum atomic E-state index is 13.2. The summed E-state index contributed by atoms with van der Waals surface area (Å²) in [4.78, 5) is 2.18. The van der Waals surface area contributed by atoms with Gasteiger partial charge in [-0.2, -0.15) is 0 Å². The Morgan fingerprint density at radius 3 is 2.40 bits per heavy atom. The summed E-state index contributed by atoms with van der Waals surface area (Å²) in [5.74, 6) is -0.722. The Morgan fingerprint density at radius 1 is 1.20 bits per heavy atom. The van der Waals surface area contributed by atoms with Crippen molar-refractivity contribution in [2.75, 3.05) is 31.1 Å². The Hall–Kier alpha value is -1.03. The fraction of sp³-hybridized carbons (Fsp3) is 0.625. The van der Waals surface area contributed by atoms with Gasteiger partial charge in [0.25, 0.3) is 0 Å². The van der Waals surface area contributed by atoms with E-state index in [0.717, 1.165) is 31.5 Å². The predicted molar refractivity (Wildman–Crippen MR) is 93.9 cm³/mol. The maximum absolute atomic E-state index is 13.2. The molecular weight excluding hydrogens is 367 g/mol. The zero-order chi connectivity index (χ0) is 18.1. The number of nitrogens with zero attached hydrogens (tertiary/aromatic N) is 1. The lowest BCUT2D eigenvalue weighted by Crippen LogP contribution is -2.41. The van der Waals surface area contributed by atoms with Crippen molar-refractivity contribution in [3.05, 3.63) is 35.6 Å². The van der Waals surface area contributed by atoms with Crippen LogP contribution in [0.2, 0.25) is 0 Å². The molecule has 6 nitrogen and oxygen atoms in total.